The van der Waals surface area contributed by atoms with Gasteiger partial charge < -0.3 is 9.84 Å². The molecule has 0 radical (unpaired) electrons. The van der Waals surface area contributed by atoms with E-state index in [1.165, 1.54) is 6.07 Å². The molecule has 1 aromatic carbocycles. The van der Waals surface area contributed by atoms with E-state index in [0.29, 0.717) is 18.8 Å². The fourth-order valence-corrected chi connectivity index (χ4v) is 1.30. The van der Waals surface area contributed by atoms with Gasteiger partial charge in [0, 0.05) is 6.42 Å². The van der Waals surface area contributed by atoms with E-state index in [2.05, 4.69) is 5.92 Å². The zero-order valence-corrected chi connectivity index (χ0v) is 9.19. The third-order valence-electron chi connectivity index (χ3n) is 2.14. The minimum atomic E-state index is -0.929. The Kier molecular flexibility index (Phi) is 4.41. The van der Waals surface area contributed by atoms with Gasteiger partial charge in [0.25, 0.3) is 0 Å². The molecule has 0 aromatic heterocycles. The minimum absolute atomic E-state index is 0.272. The lowest BCUT2D eigenvalue weighted by molar-refractivity contribution is 0.0696. The first-order valence-electron chi connectivity index (χ1n) is 5.05. The van der Waals surface area contributed by atoms with Crippen molar-refractivity contribution in [1.82, 2.24) is 0 Å². The Morgan fingerprint density at radius 3 is 2.88 bits per heavy atom. The van der Waals surface area contributed by atoms with Crippen molar-refractivity contribution in [3.05, 3.63) is 29.3 Å². The van der Waals surface area contributed by atoms with Gasteiger partial charge in [0.15, 0.2) is 0 Å². The first-order chi connectivity index (χ1) is 7.65. The van der Waals surface area contributed by atoms with Crippen LogP contribution < -0.4 is 4.74 Å². The van der Waals surface area contributed by atoms with Crippen LogP contribution in [0, 0.1) is 19.3 Å². The van der Waals surface area contributed by atoms with Crippen LogP contribution in [0.15, 0.2) is 18.2 Å². The summed E-state index contributed by atoms with van der Waals surface area (Å²) in [7, 11) is 0. The number of aryl methyl sites for hydroxylation is 1. The molecule has 3 heteroatoms. The van der Waals surface area contributed by atoms with Crippen LogP contribution in [0.2, 0.25) is 0 Å². The van der Waals surface area contributed by atoms with Crippen molar-refractivity contribution in [3.8, 4) is 18.1 Å². The van der Waals surface area contributed by atoms with Crippen LogP contribution in [0.4, 0.5) is 0 Å². The van der Waals surface area contributed by atoms with E-state index >= 15 is 0 Å². The second-order valence-electron chi connectivity index (χ2n) is 3.44. The Balaban J connectivity index is 2.62. The number of rotatable bonds is 5. The van der Waals surface area contributed by atoms with E-state index in [4.69, 9.17) is 16.3 Å². The summed E-state index contributed by atoms with van der Waals surface area (Å²) in [5, 5.41) is 8.78. The average molecular weight is 218 g/mol. The maximum Gasteiger partial charge on any atom is 0.335 e. The molecule has 1 rings (SSSR count). The van der Waals surface area contributed by atoms with Crippen LogP contribution in [0.25, 0.3) is 0 Å². The van der Waals surface area contributed by atoms with Gasteiger partial charge in [0.05, 0.1) is 12.2 Å². The summed E-state index contributed by atoms with van der Waals surface area (Å²) in [4.78, 5) is 10.7. The fraction of sp³-hybridized carbons (Fsp3) is 0.308. The molecule has 0 saturated heterocycles. The fourth-order valence-electron chi connectivity index (χ4n) is 1.30. The summed E-state index contributed by atoms with van der Waals surface area (Å²) < 4.78 is 5.49. The van der Waals surface area contributed by atoms with Crippen LogP contribution in [0.3, 0.4) is 0 Å². The number of carbonyl (C=O) groups is 1. The van der Waals surface area contributed by atoms with Crippen molar-refractivity contribution in [1.29, 1.82) is 0 Å². The lowest BCUT2D eigenvalue weighted by Crippen LogP contribution is -2.01. The molecule has 3 nitrogen and oxygen atoms in total. The summed E-state index contributed by atoms with van der Waals surface area (Å²) >= 11 is 0. The van der Waals surface area contributed by atoms with Crippen LogP contribution in [0.5, 0.6) is 5.75 Å². The first kappa shape index (κ1) is 12.1. The van der Waals surface area contributed by atoms with Crippen molar-refractivity contribution >= 4 is 5.97 Å². The quantitative estimate of drug-likeness (QED) is 0.610. The second-order valence-corrected chi connectivity index (χ2v) is 3.44. The maximum atomic E-state index is 10.7. The lowest BCUT2D eigenvalue weighted by Gasteiger charge is -2.08. The third-order valence-corrected chi connectivity index (χ3v) is 2.14. The van der Waals surface area contributed by atoms with E-state index in [0.717, 1.165) is 12.0 Å². The van der Waals surface area contributed by atoms with Gasteiger partial charge in [-0.3, -0.25) is 0 Å². The number of benzene rings is 1. The number of hydrogen-bond donors (Lipinski definition) is 1. The number of carboxylic acids is 1. The zero-order valence-electron chi connectivity index (χ0n) is 9.19. The van der Waals surface area contributed by atoms with Crippen molar-refractivity contribution in [3.63, 3.8) is 0 Å². The van der Waals surface area contributed by atoms with Crippen molar-refractivity contribution in [2.45, 2.75) is 19.8 Å². The molecule has 0 aliphatic rings. The highest BCUT2D eigenvalue weighted by atomic mass is 16.5. The molecule has 0 bridgehead atoms. The molecule has 1 N–H and O–H groups in total. The van der Waals surface area contributed by atoms with Crippen LogP contribution in [-0.2, 0) is 0 Å². The molecule has 0 aliphatic heterocycles. The Bertz CT molecular complexity index is 416. The molecule has 0 atom stereocenters. The molecule has 1 aromatic rings. The molecule has 0 spiro atoms. The SMILES string of the molecule is C#CCCCOc1ccc(C(=O)O)cc1C. The summed E-state index contributed by atoms with van der Waals surface area (Å²) in [5.74, 6) is 2.32. The molecule has 0 aliphatic carbocycles. The molecular weight excluding hydrogens is 204 g/mol. The van der Waals surface area contributed by atoms with Crippen LogP contribution >= 0.6 is 0 Å². The molecule has 0 unspecified atom stereocenters. The number of hydrogen-bond acceptors (Lipinski definition) is 2. The van der Waals surface area contributed by atoms with E-state index in [1.54, 1.807) is 12.1 Å². The highest BCUT2D eigenvalue weighted by molar-refractivity contribution is 5.88. The molecular formula is C13H14O3. The van der Waals surface area contributed by atoms with Gasteiger partial charge in [-0.2, -0.15) is 0 Å². The first-order valence-corrected chi connectivity index (χ1v) is 5.05. The van der Waals surface area contributed by atoms with Gasteiger partial charge in [-0.25, -0.2) is 4.79 Å². The van der Waals surface area contributed by atoms with Crippen LogP contribution in [0.1, 0.15) is 28.8 Å². The topological polar surface area (TPSA) is 46.5 Å². The zero-order chi connectivity index (χ0) is 12.0. The van der Waals surface area contributed by atoms with Gasteiger partial charge in [0.2, 0.25) is 0 Å². The molecule has 0 saturated carbocycles. The average Bonchev–Trinajstić information content (AvgIpc) is 2.26. The monoisotopic (exact) mass is 218 g/mol. The van der Waals surface area contributed by atoms with Gasteiger partial charge >= 0.3 is 5.97 Å². The van der Waals surface area contributed by atoms with E-state index in [1.807, 2.05) is 6.92 Å². The third kappa shape index (κ3) is 3.32. The van der Waals surface area contributed by atoms with Gasteiger partial charge in [-0.15, -0.1) is 12.3 Å². The van der Waals surface area contributed by atoms with Crippen molar-refractivity contribution in [2.75, 3.05) is 6.61 Å². The van der Waals surface area contributed by atoms with E-state index in [9.17, 15) is 4.79 Å². The van der Waals surface area contributed by atoms with Crippen molar-refractivity contribution < 1.29 is 14.6 Å². The molecule has 0 fully saturated rings. The molecule has 0 amide bonds. The molecule has 84 valence electrons. The predicted molar refractivity (Wildman–Crippen MR) is 61.7 cm³/mol. The maximum absolute atomic E-state index is 10.7. The Hall–Kier alpha value is -1.95. The highest BCUT2D eigenvalue weighted by Gasteiger charge is 2.05. The second kappa shape index (κ2) is 5.82. The summed E-state index contributed by atoms with van der Waals surface area (Å²) in [6, 6.07) is 4.80. The number of terminal acetylenes is 1. The predicted octanol–water partition coefficient (Wildman–Crippen LogP) is 2.49. The van der Waals surface area contributed by atoms with Gasteiger partial charge in [-0.1, -0.05) is 0 Å². The Labute approximate surface area is 95.1 Å². The van der Waals surface area contributed by atoms with E-state index in [-0.39, 0.29) is 5.56 Å². The highest BCUT2D eigenvalue weighted by Crippen LogP contribution is 2.19. The minimum Gasteiger partial charge on any atom is -0.493 e. The van der Waals surface area contributed by atoms with Gasteiger partial charge in [-0.05, 0) is 37.1 Å². The number of aromatic carboxylic acids is 1. The molecule has 0 heterocycles. The van der Waals surface area contributed by atoms with Crippen molar-refractivity contribution in [2.24, 2.45) is 0 Å². The Morgan fingerprint density at radius 1 is 1.56 bits per heavy atom. The normalized spacial score (nSPS) is 9.50. The lowest BCUT2D eigenvalue weighted by atomic mass is 10.1. The summed E-state index contributed by atoms with van der Waals surface area (Å²) in [6.45, 7) is 2.38. The van der Waals surface area contributed by atoms with Gasteiger partial charge in [0.1, 0.15) is 5.75 Å². The number of ether oxygens (including phenoxy) is 1. The largest absolute Gasteiger partial charge is 0.493 e. The standard InChI is InChI=1S/C13H14O3/c1-3-4-5-8-16-12-7-6-11(13(14)15)9-10(12)2/h1,6-7,9H,4-5,8H2,2H3,(H,14,15). The summed E-state index contributed by atoms with van der Waals surface area (Å²) in [6.07, 6.45) is 6.61. The van der Waals surface area contributed by atoms with E-state index < -0.39 is 5.97 Å². The summed E-state index contributed by atoms with van der Waals surface area (Å²) in [5.41, 5.74) is 1.09. The smallest absolute Gasteiger partial charge is 0.335 e. The van der Waals surface area contributed by atoms with Crippen LogP contribution in [-0.4, -0.2) is 17.7 Å². The Morgan fingerprint density at radius 2 is 2.31 bits per heavy atom. The number of unbranched alkanes of at least 4 members (excludes halogenated alkanes) is 1. The molecule has 16 heavy (non-hydrogen) atoms. The number of carboxylic acid groups (broad SMARTS) is 1.